The smallest absolute Gasteiger partial charge is 0.434 e. The van der Waals surface area contributed by atoms with Crippen molar-refractivity contribution in [2.45, 2.75) is 66.3 Å². The first-order chi connectivity index (χ1) is 39.7. The predicted octanol–water partition coefficient (Wildman–Crippen LogP) is 1.64. The van der Waals surface area contributed by atoms with E-state index in [-0.39, 0.29) is 169 Å². The van der Waals surface area contributed by atoms with Crippen molar-refractivity contribution in [1.29, 1.82) is 0 Å². The second kappa shape index (κ2) is 57.8. The SMILES string of the molecule is CC(COCCN)COC(=O)OCCOCCOCC(COCCOCCOC(=O)OCC(C)COCCN)OCCOC(COCCOC(C)OC(=O)OCC(C)COCCN)COCCOC(C)OC(=O)OCC(C)COCCN. The molecule has 0 heterocycles. The van der Waals surface area contributed by atoms with E-state index >= 15 is 0 Å². The molecule has 0 fully saturated rings. The molecule has 0 aromatic rings. The average molecular weight is 1200 g/mol. The van der Waals surface area contributed by atoms with E-state index in [2.05, 4.69) is 0 Å². The zero-order chi connectivity index (χ0) is 60.5. The standard InChI is InChI=1S/C52H102N4O26/c1-41(29-63-11-7-53)33-77-49(57)75-25-19-61-15-17-67-37-47(38-68-18-16-62-20-26-76-50(58)78-34-42(2)30-64-12-8-54)73-27-28-74-48(39-69-21-23-71-45(5)81-51(59)79-35-43(3)31-65-13-9-55)40-70-22-24-72-46(6)82-52(60)80-36-44(4)32-66-14-10-56/h41-48H,7-40,53-56H2,1-6H3. The minimum absolute atomic E-state index is 0.0161. The van der Waals surface area contributed by atoms with Crippen molar-refractivity contribution in [2.75, 3.05) is 224 Å². The van der Waals surface area contributed by atoms with Crippen molar-refractivity contribution in [3.05, 3.63) is 0 Å². The van der Waals surface area contributed by atoms with E-state index in [1.165, 1.54) is 0 Å². The van der Waals surface area contributed by atoms with Gasteiger partial charge in [0, 0.05) is 49.9 Å². The van der Waals surface area contributed by atoms with E-state index in [9.17, 15) is 19.2 Å². The van der Waals surface area contributed by atoms with Crippen LogP contribution in [0.5, 0.6) is 0 Å². The summed E-state index contributed by atoms with van der Waals surface area (Å²) in [6.45, 7) is 17.9. The van der Waals surface area contributed by atoms with Crippen LogP contribution in [-0.4, -0.2) is 274 Å². The summed E-state index contributed by atoms with van der Waals surface area (Å²) in [4.78, 5) is 48.2. The molecule has 0 spiro atoms. The lowest BCUT2D eigenvalue weighted by Gasteiger charge is -2.21. The van der Waals surface area contributed by atoms with E-state index in [1.54, 1.807) is 13.8 Å². The zero-order valence-electron chi connectivity index (χ0n) is 49.6. The van der Waals surface area contributed by atoms with Gasteiger partial charge in [0.05, 0.1) is 185 Å². The van der Waals surface area contributed by atoms with E-state index in [0.29, 0.717) is 79.0 Å². The lowest BCUT2D eigenvalue weighted by Crippen LogP contribution is -2.32. The average Bonchev–Trinajstić information content (AvgIpc) is 3.45. The molecule has 6 atom stereocenters. The van der Waals surface area contributed by atoms with Gasteiger partial charge in [-0.3, -0.25) is 0 Å². The van der Waals surface area contributed by atoms with Crippen LogP contribution < -0.4 is 22.9 Å². The Morgan fingerprint density at radius 1 is 0.256 bits per heavy atom. The first-order valence-corrected chi connectivity index (χ1v) is 28.0. The Balaban J connectivity index is 5.24. The molecule has 0 saturated carbocycles. The van der Waals surface area contributed by atoms with Gasteiger partial charge in [0.25, 0.3) is 0 Å². The summed E-state index contributed by atoms with van der Waals surface area (Å²) < 4.78 is 120. The van der Waals surface area contributed by atoms with E-state index in [4.69, 9.17) is 127 Å². The topological polar surface area (TPSA) is 375 Å². The molecule has 0 aromatic carbocycles. The zero-order valence-corrected chi connectivity index (χ0v) is 49.6. The number of ether oxygens (including phenoxy) is 22. The number of carbonyl (C=O) groups excluding carboxylic acids is 4. The van der Waals surface area contributed by atoms with Crippen molar-refractivity contribution < 1.29 is 123 Å². The second-order valence-electron chi connectivity index (χ2n) is 18.4. The molecular formula is C52H102N4O26. The Kier molecular flexibility index (Phi) is 55.2. The van der Waals surface area contributed by atoms with Crippen molar-refractivity contribution >= 4 is 24.6 Å². The fraction of sp³-hybridized carbons (Fsp3) is 0.923. The Labute approximate surface area is 484 Å². The third kappa shape index (κ3) is 54.3. The summed E-state index contributed by atoms with van der Waals surface area (Å²) in [5.74, 6) is -0.150. The number of hydrogen-bond acceptors (Lipinski definition) is 30. The monoisotopic (exact) mass is 1200 g/mol. The maximum Gasteiger partial charge on any atom is 0.510 e. The van der Waals surface area contributed by atoms with Crippen LogP contribution in [0.1, 0.15) is 41.5 Å². The predicted molar refractivity (Wildman–Crippen MR) is 291 cm³/mol. The molecule has 8 N–H and O–H groups in total. The van der Waals surface area contributed by atoms with E-state index in [0.717, 1.165) is 0 Å². The van der Waals surface area contributed by atoms with Crippen LogP contribution in [0.3, 0.4) is 0 Å². The van der Waals surface area contributed by atoms with Crippen LogP contribution >= 0.6 is 0 Å². The normalized spacial score (nSPS) is 14.4. The fourth-order valence-corrected chi connectivity index (χ4v) is 5.93. The molecule has 0 bridgehead atoms. The van der Waals surface area contributed by atoms with E-state index < -0.39 is 49.4 Å². The van der Waals surface area contributed by atoms with Crippen LogP contribution in [0.25, 0.3) is 0 Å². The summed E-state index contributed by atoms with van der Waals surface area (Å²) in [7, 11) is 0. The van der Waals surface area contributed by atoms with Gasteiger partial charge in [0.2, 0.25) is 12.6 Å². The molecule has 486 valence electrons. The van der Waals surface area contributed by atoms with Crippen molar-refractivity contribution in [3.8, 4) is 0 Å². The third-order valence-electron chi connectivity index (χ3n) is 9.93. The summed E-state index contributed by atoms with van der Waals surface area (Å²) in [6.07, 6.45) is -6.35. The molecular weight excluding hydrogens is 1100 g/mol. The molecule has 0 rings (SSSR count). The molecule has 6 unspecified atom stereocenters. The van der Waals surface area contributed by atoms with Crippen LogP contribution in [0.4, 0.5) is 19.2 Å². The number of rotatable bonds is 59. The highest BCUT2D eigenvalue weighted by atomic mass is 16.8. The molecule has 30 nitrogen and oxygen atoms in total. The van der Waals surface area contributed by atoms with Gasteiger partial charge in [-0.15, -0.1) is 0 Å². The lowest BCUT2D eigenvalue weighted by molar-refractivity contribution is -0.137. The van der Waals surface area contributed by atoms with Gasteiger partial charge >= 0.3 is 24.6 Å². The summed E-state index contributed by atoms with van der Waals surface area (Å²) in [5.41, 5.74) is 21.7. The highest BCUT2D eigenvalue weighted by Gasteiger charge is 2.18. The summed E-state index contributed by atoms with van der Waals surface area (Å²) >= 11 is 0. The molecule has 0 saturated heterocycles. The quantitative estimate of drug-likeness (QED) is 0.0291. The van der Waals surface area contributed by atoms with Crippen molar-refractivity contribution in [3.63, 3.8) is 0 Å². The molecule has 0 amide bonds. The van der Waals surface area contributed by atoms with Crippen molar-refractivity contribution in [1.82, 2.24) is 0 Å². The molecule has 0 aromatic heterocycles. The Bertz CT molecular complexity index is 1370. The number of nitrogens with two attached hydrogens (primary N) is 4. The van der Waals surface area contributed by atoms with Crippen LogP contribution in [0.2, 0.25) is 0 Å². The first-order valence-electron chi connectivity index (χ1n) is 28.0. The van der Waals surface area contributed by atoms with Gasteiger partial charge in [-0.2, -0.15) is 0 Å². The maximum absolute atomic E-state index is 12.1. The van der Waals surface area contributed by atoms with Gasteiger partial charge in [-0.05, 0) is 13.8 Å². The molecule has 0 aliphatic rings. The van der Waals surface area contributed by atoms with Gasteiger partial charge in [0.1, 0.15) is 25.4 Å². The summed E-state index contributed by atoms with van der Waals surface area (Å²) in [6, 6.07) is 0. The van der Waals surface area contributed by atoms with Crippen LogP contribution in [0, 0.1) is 23.7 Å². The van der Waals surface area contributed by atoms with Gasteiger partial charge in [-0.1, -0.05) is 27.7 Å². The molecule has 0 aliphatic carbocycles. The number of carbonyl (C=O) groups is 4. The lowest BCUT2D eigenvalue weighted by atomic mass is 10.2. The fourth-order valence-electron chi connectivity index (χ4n) is 5.93. The number of hydrogen-bond donors (Lipinski definition) is 4. The largest absolute Gasteiger partial charge is 0.510 e. The Hall–Kier alpha value is -3.64. The first kappa shape index (κ1) is 78.4. The van der Waals surface area contributed by atoms with E-state index in [1.807, 2.05) is 27.7 Å². The van der Waals surface area contributed by atoms with Gasteiger partial charge in [-0.25, -0.2) is 19.2 Å². The Morgan fingerprint density at radius 2 is 0.500 bits per heavy atom. The molecule has 0 aliphatic heterocycles. The summed E-state index contributed by atoms with van der Waals surface area (Å²) in [5, 5.41) is 0. The van der Waals surface area contributed by atoms with Crippen LogP contribution in [0.15, 0.2) is 0 Å². The second-order valence-corrected chi connectivity index (χ2v) is 18.4. The molecule has 0 radical (unpaired) electrons. The van der Waals surface area contributed by atoms with Crippen molar-refractivity contribution in [2.24, 2.45) is 46.6 Å². The minimum atomic E-state index is -0.916. The minimum Gasteiger partial charge on any atom is -0.434 e. The third-order valence-corrected chi connectivity index (χ3v) is 9.93. The van der Waals surface area contributed by atoms with Gasteiger partial charge < -0.3 is 127 Å². The molecule has 82 heavy (non-hydrogen) atoms. The van der Waals surface area contributed by atoms with Crippen LogP contribution in [-0.2, 0) is 104 Å². The maximum atomic E-state index is 12.1. The van der Waals surface area contributed by atoms with Gasteiger partial charge in [0.15, 0.2) is 0 Å². The highest BCUT2D eigenvalue weighted by Crippen LogP contribution is 2.07. The highest BCUT2D eigenvalue weighted by molar-refractivity contribution is 5.60. The molecule has 30 heteroatoms. The Morgan fingerprint density at radius 3 is 0.805 bits per heavy atom.